The van der Waals surface area contributed by atoms with Crippen molar-refractivity contribution in [2.45, 2.75) is 18.9 Å². The van der Waals surface area contributed by atoms with Crippen molar-refractivity contribution < 1.29 is 9.90 Å². The van der Waals surface area contributed by atoms with Gasteiger partial charge in [-0.2, -0.15) is 0 Å². The van der Waals surface area contributed by atoms with Gasteiger partial charge in [0.25, 0.3) is 5.91 Å². The van der Waals surface area contributed by atoms with Crippen LogP contribution in [0.25, 0.3) is 11.0 Å². The first-order chi connectivity index (χ1) is 12.1. The molecule has 2 atom stereocenters. The molecule has 3 heterocycles. The van der Waals surface area contributed by atoms with E-state index >= 15 is 0 Å². The lowest BCUT2D eigenvalue weighted by atomic mass is 9.91. The molecule has 1 saturated heterocycles. The third-order valence-corrected chi connectivity index (χ3v) is 4.98. The summed E-state index contributed by atoms with van der Waals surface area (Å²) >= 11 is 0. The van der Waals surface area contributed by atoms with Crippen molar-refractivity contribution in [3.8, 4) is 0 Å². The van der Waals surface area contributed by atoms with Crippen LogP contribution in [0.5, 0.6) is 0 Å². The quantitative estimate of drug-likeness (QED) is 0.763. The maximum atomic E-state index is 12.9. The number of amides is 1. The van der Waals surface area contributed by atoms with Crippen LogP contribution >= 0.6 is 0 Å². The van der Waals surface area contributed by atoms with Gasteiger partial charge in [0.2, 0.25) is 0 Å². The number of aliphatic hydroxyl groups excluding tert-OH is 1. The second-order valence-electron chi connectivity index (χ2n) is 6.63. The zero-order chi connectivity index (χ0) is 17.4. The molecule has 1 fully saturated rings. The predicted octanol–water partition coefficient (Wildman–Crippen LogP) is 1.88. The van der Waals surface area contributed by atoms with Gasteiger partial charge in [-0.25, -0.2) is 9.97 Å². The van der Waals surface area contributed by atoms with E-state index in [9.17, 15) is 9.90 Å². The SMILES string of the molecule is Cn1ccnc1C(O)C1CCCN(C(=O)c2ccc3nc[nH]c3c2)C1. The number of aromatic nitrogens is 4. The summed E-state index contributed by atoms with van der Waals surface area (Å²) in [6.45, 7) is 1.25. The fourth-order valence-corrected chi connectivity index (χ4v) is 3.58. The molecule has 1 aromatic carbocycles. The highest BCUT2D eigenvalue weighted by Crippen LogP contribution is 2.29. The Kier molecular flexibility index (Phi) is 4.01. The Morgan fingerprint density at radius 2 is 2.28 bits per heavy atom. The number of aliphatic hydroxyl groups is 1. The van der Waals surface area contributed by atoms with Crippen LogP contribution in [0, 0.1) is 5.92 Å². The number of aromatic amines is 1. The van der Waals surface area contributed by atoms with Crippen molar-refractivity contribution in [2.24, 2.45) is 13.0 Å². The standard InChI is InChI=1S/C18H21N5O2/c1-22-8-6-19-17(22)16(24)13-3-2-7-23(10-13)18(25)12-4-5-14-15(9-12)21-11-20-14/h4-6,8-9,11,13,16,24H,2-3,7,10H2,1H3,(H,20,21). The van der Waals surface area contributed by atoms with Crippen LogP contribution in [0.15, 0.2) is 36.9 Å². The number of H-pyrrole nitrogens is 1. The minimum Gasteiger partial charge on any atom is -0.385 e. The molecule has 7 nitrogen and oxygen atoms in total. The summed E-state index contributed by atoms with van der Waals surface area (Å²) in [7, 11) is 1.87. The molecule has 0 aliphatic carbocycles. The van der Waals surface area contributed by atoms with Crippen molar-refractivity contribution in [1.29, 1.82) is 0 Å². The molecule has 0 bridgehead atoms. The first-order valence-electron chi connectivity index (χ1n) is 8.51. The zero-order valence-corrected chi connectivity index (χ0v) is 14.1. The number of nitrogens with one attached hydrogen (secondary N) is 1. The van der Waals surface area contributed by atoms with E-state index in [1.807, 2.05) is 40.9 Å². The molecule has 130 valence electrons. The maximum absolute atomic E-state index is 12.9. The summed E-state index contributed by atoms with van der Waals surface area (Å²) in [6.07, 6.45) is 6.24. The number of likely N-dealkylation sites (tertiary alicyclic amines) is 1. The number of carbonyl (C=O) groups is 1. The monoisotopic (exact) mass is 339 g/mol. The van der Waals surface area contributed by atoms with Crippen LogP contribution in [-0.2, 0) is 7.05 Å². The predicted molar refractivity (Wildman–Crippen MR) is 92.9 cm³/mol. The van der Waals surface area contributed by atoms with Gasteiger partial charge in [0, 0.05) is 44.0 Å². The van der Waals surface area contributed by atoms with Gasteiger partial charge in [0.1, 0.15) is 11.9 Å². The van der Waals surface area contributed by atoms with Crippen molar-refractivity contribution in [3.05, 3.63) is 48.3 Å². The Morgan fingerprint density at radius 1 is 1.40 bits per heavy atom. The first-order valence-corrected chi connectivity index (χ1v) is 8.51. The van der Waals surface area contributed by atoms with E-state index in [1.165, 1.54) is 0 Å². The molecule has 25 heavy (non-hydrogen) atoms. The lowest BCUT2D eigenvalue weighted by molar-refractivity contribution is 0.0358. The van der Waals surface area contributed by atoms with Crippen molar-refractivity contribution in [2.75, 3.05) is 13.1 Å². The van der Waals surface area contributed by atoms with Crippen LogP contribution < -0.4 is 0 Å². The second-order valence-corrected chi connectivity index (χ2v) is 6.63. The minimum atomic E-state index is -0.661. The Bertz CT molecular complexity index is 900. The summed E-state index contributed by atoms with van der Waals surface area (Å²) in [4.78, 5) is 26.2. The molecular formula is C18H21N5O2. The molecular weight excluding hydrogens is 318 g/mol. The lowest BCUT2D eigenvalue weighted by Gasteiger charge is -2.35. The van der Waals surface area contributed by atoms with Gasteiger partial charge >= 0.3 is 0 Å². The third-order valence-electron chi connectivity index (χ3n) is 4.98. The number of fused-ring (bicyclic) bond motifs is 1. The van der Waals surface area contributed by atoms with Crippen LogP contribution in [0.2, 0.25) is 0 Å². The summed E-state index contributed by atoms with van der Waals surface area (Å²) in [6, 6.07) is 5.50. The van der Waals surface area contributed by atoms with E-state index in [-0.39, 0.29) is 11.8 Å². The highest BCUT2D eigenvalue weighted by molar-refractivity contribution is 5.97. The van der Waals surface area contributed by atoms with Crippen LogP contribution in [0.3, 0.4) is 0 Å². The molecule has 2 unspecified atom stereocenters. The number of hydrogen-bond acceptors (Lipinski definition) is 4. The average Bonchev–Trinajstić information content (AvgIpc) is 3.28. The normalized spacial score (nSPS) is 19.3. The Balaban J connectivity index is 1.52. The number of imidazole rings is 2. The average molecular weight is 339 g/mol. The number of hydrogen-bond donors (Lipinski definition) is 2. The summed E-state index contributed by atoms with van der Waals surface area (Å²) in [5.41, 5.74) is 2.34. The van der Waals surface area contributed by atoms with E-state index in [1.54, 1.807) is 12.5 Å². The Hall–Kier alpha value is -2.67. The highest BCUT2D eigenvalue weighted by atomic mass is 16.3. The Labute approximate surface area is 145 Å². The summed E-state index contributed by atoms with van der Waals surface area (Å²) in [5, 5.41) is 10.7. The van der Waals surface area contributed by atoms with E-state index in [0.717, 1.165) is 23.9 Å². The van der Waals surface area contributed by atoms with E-state index in [0.29, 0.717) is 24.5 Å². The summed E-state index contributed by atoms with van der Waals surface area (Å²) in [5.74, 6) is 0.640. The molecule has 2 aromatic heterocycles. The smallest absolute Gasteiger partial charge is 0.253 e. The van der Waals surface area contributed by atoms with Gasteiger partial charge in [0.15, 0.2) is 0 Å². The van der Waals surface area contributed by atoms with Crippen LogP contribution in [0.1, 0.15) is 35.1 Å². The third kappa shape index (κ3) is 2.91. The zero-order valence-electron chi connectivity index (χ0n) is 14.1. The molecule has 1 aliphatic rings. The van der Waals surface area contributed by atoms with Gasteiger partial charge in [-0.15, -0.1) is 0 Å². The van der Waals surface area contributed by atoms with Gasteiger partial charge in [-0.05, 0) is 31.0 Å². The van der Waals surface area contributed by atoms with Gasteiger partial charge in [0.05, 0.1) is 17.4 Å². The largest absolute Gasteiger partial charge is 0.385 e. The number of nitrogens with zero attached hydrogens (tertiary/aromatic N) is 4. The Morgan fingerprint density at radius 3 is 3.08 bits per heavy atom. The van der Waals surface area contributed by atoms with Gasteiger partial charge in [-0.3, -0.25) is 4.79 Å². The fraction of sp³-hybridized carbons (Fsp3) is 0.389. The van der Waals surface area contributed by atoms with E-state index in [2.05, 4.69) is 15.0 Å². The van der Waals surface area contributed by atoms with Gasteiger partial charge in [-0.1, -0.05) is 0 Å². The number of rotatable bonds is 3. The molecule has 4 rings (SSSR count). The molecule has 0 radical (unpaired) electrons. The molecule has 3 aromatic rings. The van der Waals surface area contributed by atoms with Crippen LogP contribution in [0.4, 0.5) is 0 Å². The first kappa shape index (κ1) is 15.8. The number of carbonyl (C=O) groups excluding carboxylic acids is 1. The number of piperidine rings is 1. The van der Waals surface area contributed by atoms with E-state index in [4.69, 9.17) is 0 Å². The molecule has 7 heteroatoms. The molecule has 1 amide bonds. The van der Waals surface area contributed by atoms with E-state index < -0.39 is 6.10 Å². The fourth-order valence-electron chi connectivity index (χ4n) is 3.58. The highest BCUT2D eigenvalue weighted by Gasteiger charge is 2.31. The van der Waals surface area contributed by atoms with Crippen molar-refractivity contribution in [3.63, 3.8) is 0 Å². The molecule has 2 N–H and O–H groups in total. The maximum Gasteiger partial charge on any atom is 0.253 e. The van der Waals surface area contributed by atoms with Crippen molar-refractivity contribution in [1.82, 2.24) is 24.4 Å². The van der Waals surface area contributed by atoms with Crippen molar-refractivity contribution >= 4 is 16.9 Å². The molecule has 0 saturated carbocycles. The molecule has 0 spiro atoms. The lowest BCUT2D eigenvalue weighted by Crippen LogP contribution is -2.42. The minimum absolute atomic E-state index is 0.00492. The summed E-state index contributed by atoms with van der Waals surface area (Å²) < 4.78 is 1.83. The second kappa shape index (κ2) is 6.33. The molecule has 1 aliphatic heterocycles. The van der Waals surface area contributed by atoms with Gasteiger partial charge < -0.3 is 19.6 Å². The van der Waals surface area contributed by atoms with Crippen LogP contribution in [-0.4, -0.2) is 48.5 Å². The number of benzene rings is 1. The number of aryl methyl sites for hydroxylation is 1. The topological polar surface area (TPSA) is 87.0 Å².